The SMILES string of the molecule is CC1(C)CCC(C)(C)c2cc3c(cc21)Sc1cccc2c1[n+]-3[c-]n2C1CCCCC1. The van der Waals surface area contributed by atoms with Gasteiger partial charge >= 0.3 is 0 Å². The molecule has 30 heavy (non-hydrogen) atoms. The fourth-order valence-corrected chi connectivity index (χ4v) is 7.08. The van der Waals surface area contributed by atoms with Crippen molar-refractivity contribution in [3.05, 3.63) is 47.8 Å². The van der Waals surface area contributed by atoms with Gasteiger partial charge in [0, 0.05) is 9.79 Å². The average molecular weight is 417 g/mol. The molecule has 1 fully saturated rings. The Bertz CT molecular complexity index is 1160. The smallest absolute Gasteiger partial charge is 0.244 e. The summed E-state index contributed by atoms with van der Waals surface area (Å²) in [6.45, 7) is 9.70. The van der Waals surface area contributed by atoms with Crippen molar-refractivity contribution >= 4 is 22.8 Å². The molecule has 3 heteroatoms. The summed E-state index contributed by atoms with van der Waals surface area (Å²) in [5.74, 6) is 0. The maximum absolute atomic E-state index is 3.83. The molecule has 0 saturated heterocycles. The van der Waals surface area contributed by atoms with Crippen LogP contribution in [0.3, 0.4) is 0 Å². The molecule has 0 bridgehead atoms. The van der Waals surface area contributed by atoms with Gasteiger partial charge in [-0.15, -0.1) is 11.8 Å². The van der Waals surface area contributed by atoms with Gasteiger partial charge in [0.1, 0.15) is 0 Å². The molecule has 0 spiro atoms. The molecule has 2 heterocycles. The molecule has 1 aromatic heterocycles. The quantitative estimate of drug-likeness (QED) is 0.239. The summed E-state index contributed by atoms with van der Waals surface area (Å²) < 4.78 is 4.87. The molecule has 0 radical (unpaired) electrons. The van der Waals surface area contributed by atoms with Gasteiger partial charge in [0.2, 0.25) is 6.33 Å². The molecular formula is C27H32N2S. The van der Waals surface area contributed by atoms with E-state index in [1.54, 1.807) is 5.56 Å². The van der Waals surface area contributed by atoms with E-state index < -0.39 is 0 Å². The van der Waals surface area contributed by atoms with E-state index in [-0.39, 0.29) is 10.8 Å². The van der Waals surface area contributed by atoms with E-state index in [1.165, 1.54) is 77.0 Å². The van der Waals surface area contributed by atoms with Crippen LogP contribution in [-0.4, -0.2) is 4.57 Å². The molecular weight excluding hydrogens is 384 g/mol. The van der Waals surface area contributed by atoms with E-state index in [9.17, 15) is 0 Å². The van der Waals surface area contributed by atoms with Crippen LogP contribution in [0.15, 0.2) is 40.1 Å². The first kappa shape index (κ1) is 19.0. The van der Waals surface area contributed by atoms with Crippen LogP contribution >= 0.6 is 11.8 Å². The zero-order chi connectivity index (χ0) is 20.7. The van der Waals surface area contributed by atoms with Gasteiger partial charge in [-0.2, -0.15) is 0 Å². The highest BCUT2D eigenvalue weighted by Gasteiger charge is 2.38. The van der Waals surface area contributed by atoms with Crippen LogP contribution in [0.1, 0.15) is 89.8 Å². The molecule has 2 nitrogen and oxygen atoms in total. The Morgan fingerprint density at radius 3 is 2.37 bits per heavy atom. The van der Waals surface area contributed by atoms with Crippen molar-refractivity contribution in [3.63, 3.8) is 0 Å². The summed E-state index contributed by atoms with van der Waals surface area (Å²) in [6.07, 6.45) is 13.0. The van der Waals surface area contributed by atoms with Crippen LogP contribution in [-0.2, 0) is 10.8 Å². The highest BCUT2D eigenvalue weighted by Crippen LogP contribution is 2.50. The second-order valence-electron chi connectivity index (χ2n) is 11.0. The molecule has 0 atom stereocenters. The predicted molar refractivity (Wildman–Crippen MR) is 124 cm³/mol. The van der Waals surface area contributed by atoms with Crippen molar-refractivity contribution in [2.75, 3.05) is 0 Å². The van der Waals surface area contributed by atoms with Crippen LogP contribution < -0.4 is 4.57 Å². The van der Waals surface area contributed by atoms with Gasteiger partial charge in [0.15, 0.2) is 0 Å². The van der Waals surface area contributed by atoms with E-state index in [2.05, 4.69) is 73.5 Å². The van der Waals surface area contributed by atoms with Crippen molar-refractivity contribution in [1.82, 2.24) is 4.57 Å². The third-order valence-electron chi connectivity index (χ3n) is 8.00. The van der Waals surface area contributed by atoms with Crippen molar-refractivity contribution in [1.29, 1.82) is 0 Å². The first-order chi connectivity index (χ1) is 14.4. The summed E-state index contributed by atoms with van der Waals surface area (Å²) >= 11 is 1.95. The third kappa shape index (κ3) is 2.67. The van der Waals surface area contributed by atoms with Crippen molar-refractivity contribution < 1.29 is 4.57 Å². The monoisotopic (exact) mass is 416 g/mol. The van der Waals surface area contributed by atoms with Gasteiger partial charge in [0.05, 0.1) is 22.8 Å². The molecule has 2 aromatic carbocycles. The van der Waals surface area contributed by atoms with Gasteiger partial charge in [0.25, 0.3) is 0 Å². The first-order valence-electron chi connectivity index (χ1n) is 11.7. The fourth-order valence-electron chi connectivity index (χ4n) is 5.97. The topological polar surface area (TPSA) is 8.81 Å². The maximum Gasteiger partial charge on any atom is 0.244 e. The lowest BCUT2D eigenvalue weighted by atomic mass is 9.63. The van der Waals surface area contributed by atoms with Crippen LogP contribution in [0.5, 0.6) is 0 Å². The molecule has 3 aliphatic rings. The Labute approximate surface area is 184 Å². The molecule has 1 aliphatic heterocycles. The third-order valence-corrected chi connectivity index (χ3v) is 9.10. The van der Waals surface area contributed by atoms with E-state index in [0.717, 1.165) is 0 Å². The van der Waals surface area contributed by atoms with Gasteiger partial charge in [-0.1, -0.05) is 58.4 Å². The Morgan fingerprint density at radius 2 is 1.63 bits per heavy atom. The van der Waals surface area contributed by atoms with Crippen LogP contribution in [0.2, 0.25) is 0 Å². The number of nitrogens with zero attached hydrogens (tertiary/aromatic N) is 2. The predicted octanol–water partition coefficient (Wildman–Crippen LogP) is 7.04. The Kier molecular flexibility index (Phi) is 4.04. The molecule has 3 aromatic rings. The van der Waals surface area contributed by atoms with E-state index >= 15 is 0 Å². The molecule has 6 rings (SSSR count). The average Bonchev–Trinajstić information content (AvgIpc) is 3.13. The highest BCUT2D eigenvalue weighted by atomic mass is 32.2. The van der Waals surface area contributed by atoms with Crippen LogP contribution in [0.25, 0.3) is 16.7 Å². The summed E-state index contributed by atoms with van der Waals surface area (Å²) in [6, 6.07) is 12.4. The standard InChI is InChI=1S/C27H32N2S/c1-26(2)13-14-27(3,4)20-16-24-22(15-19(20)26)29-17-28(18-9-6-5-7-10-18)21-11-8-12-23(30-24)25(21)29/h8,11-12,15-16,18H,5-7,9-10,13-14H2,1-4H3. The second kappa shape index (κ2) is 6.38. The Balaban J connectivity index is 1.60. The normalized spacial score (nSPS) is 22.0. The number of aromatic nitrogens is 2. The number of hydrogen-bond donors (Lipinski definition) is 0. The van der Waals surface area contributed by atoms with E-state index in [4.69, 9.17) is 0 Å². The Morgan fingerprint density at radius 1 is 0.933 bits per heavy atom. The molecule has 156 valence electrons. The lowest BCUT2D eigenvalue weighted by molar-refractivity contribution is -0.577. The zero-order valence-corrected chi connectivity index (χ0v) is 19.5. The van der Waals surface area contributed by atoms with Crippen molar-refractivity contribution in [2.24, 2.45) is 0 Å². The number of rotatable bonds is 1. The molecule has 1 saturated carbocycles. The van der Waals surface area contributed by atoms with Crippen LogP contribution in [0.4, 0.5) is 0 Å². The zero-order valence-electron chi connectivity index (χ0n) is 18.7. The molecule has 0 amide bonds. The number of para-hydroxylation sites is 1. The Hall–Kier alpha value is -1.74. The lowest BCUT2D eigenvalue weighted by Crippen LogP contribution is -2.37. The van der Waals surface area contributed by atoms with E-state index in [1.807, 2.05) is 11.8 Å². The number of imidazole rings is 1. The molecule has 2 aliphatic carbocycles. The van der Waals surface area contributed by atoms with Gasteiger partial charge < -0.3 is 9.13 Å². The van der Waals surface area contributed by atoms with Crippen molar-refractivity contribution in [2.45, 2.75) is 99.3 Å². The molecule has 0 N–H and O–H groups in total. The summed E-state index contributed by atoms with van der Waals surface area (Å²) in [5, 5.41) is 0. The molecule has 0 unspecified atom stereocenters. The largest absolute Gasteiger partial charge is 0.317 e. The van der Waals surface area contributed by atoms with E-state index in [0.29, 0.717) is 6.04 Å². The van der Waals surface area contributed by atoms with Crippen LogP contribution in [0, 0.1) is 6.33 Å². The van der Waals surface area contributed by atoms with Gasteiger partial charge in [-0.25, -0.2) is 0 Å². The summed E-state index contributed by atoms with van der Waals surface area (Å²) in [5.41, 5.74) is 7.61. The summed E-state index contributed by atoms with van der Waals surface area (Å²) in [4.78, 5) is 2.76. The minimum absolute atomic E-state index is 0.229. The highest BCUT2D eigenvalue weighted by molar-refractivity contribution is 7.99. The number of benzene rings is 2. The van der Waals surface area contributed by atoms with Gasteiger partial charge in [-0.05, 0) is 66.5 Å². The first-order valence-corrected chi connectivity index (χ1v) is 12.5. The summed E-state index contributed by atoms with van der Waals surface area (Å²) in [7, 11) is 0. The number of fused-ring (bicyclic) bond motifs is 3. The second-order valence-corrected chi connectivity index (χ2v) is 12.0. The fraction of sp³-hybridized carbons (Fsp3) is 0.519. The maximum atomic E-state index is 3.83. The van der Waals surface area contributed by atoms with Crippen molar-refractivity contribution in [3.8, 4) is 5.69 Å². The lowest BCUT2D eigenvalue weighted by Gasteiger charge is -2.43. The minimum atomic E-state index is 0.229. The van der Waals surface area contributed by atoms with Gasteiger partial charge in [-0.3, -0.25) is 0 Å². The minimum Gasteiger partial charge on any atom is -0.317 e. The number of hydrogen-bond acceptors (Lipinski definition) is 1.